The number of rotatable bonds is 7. The number of nitrogens with two attached hydrogens (primary N) is 1. The Hall–Kier alpha value is -3.31. The Morgan fingerprint density at radius 2 is 1.76 bits per heavy atom. The smallest absolute Gasteiger partial charge is 0.119 e. The van der Waals surface area contributed by atoms with Crippen molar-refractivity contribution in [1.82, 2.24) is 4.90 Å². The lowest BCUT2D eigenvalue weighted by Gasteiger charge is -2.21. The van der Waals surface area contributed by atoms with Gasteiger partial charge in [0.05, 0.1) is 6.67 Å². The largest absolute Gasteiger partial charge is 0.489 e. The molecule has 3 aromatic carbocycles. The minimum atomic E-state index is -0.251. The molecule has 0 spiro atoms. The minimum Gasteiger partial charge on any atom is -0.489 e. The maximum atomic E-state index is 12.6. The highest BCUT2D eigenvalue weighted by molar-refractivity contribution is 6.00. The number of nitrogens with zero attached hydrogens (tertiary/aromatic N) is 1. The number of allylic oxidation sites excluding steroid dienone is 1. The lowest BCUT2D eigenvalue weighted by molar-refractivity contribution is 0.198. The first kappa shape index (κ1) is 25.0. The standard InChI is InChI=1S/C33H38FN3O/c34-16-3-18-37-19-15-29(22-37)38-28-11-7-23(8-12-28)33-30(6-1-4-24-21-27(35)10-13-31(24)33)25-9-14-32-26(20-25)5-2-17-36-32/h7-14,20-21,29,36H,1-6,15-19,22,35H2/t29-/m0/s1. The number of hydrogen-bond acceptors (Lipinski definition) is 4. The van der Waals surface area contributed by atoms with Crippen molar-refractivity contribution in [2.75, 3.05) is 43.9 Å². The zero-order chi connectivity index (χ0) is 25.9. The lowest BCUT2D eigenvalue weighted by Crippen LogP contribution is -2.26. The van der Waals surface area contributed by atoms with Crippen LogP contribution in [0.1, 0.15) is 59.9 Å². The molecule has 2 aliphatic heterocycles. The van der Waals surface area contributed by atoms with Crippen LogP contribution in [0.25, 0.3) is 11.1 Å². The summed E-state index contributed by atoms with van der Waals surface area (Å²) in [5.41, 5.74) is 17.6. The summed E-state index contributed by atoms with van der Waals surface area (Å²) in [5, 5.41) is 3.55. The average Bonchev–Trinajstić information content (AvgIpc) is 3.30. The van der Waals surface area contributed by atoms with E-state index in [1.165, 1.54) is 51.1 Å². The summed E-state index contributed by atoms with van der Waals surface area (Å²) < 4.78 is 18.9. The highest BCUT2D eigenvalue weighted by Gasteiger charge is 2.24. The molecule has 1 atom stereocenters. The van der Waals surface area contributed by atoms with Gasteiger partial charge in [-0.3, -0.25) is 9.29 Å². The van der Waals surface area contributed by atoms with Gasteiger partial charge in [-0.05, 0) is 120 Å². The maximum Gasteiger partial charge on any atom is 0.119 e. The van der Waals surface area contributed by atoms with Gasteiger partial charge in [-0.15, -0.1) is 0 Å². The molecule has 1 fully saturated rings. The molecule has 1 saturated heterocycles. The molecule has 0 aromatic heterocycles. The molecule has 198 valence electrons. The number of fused-ring (bicyclic) bond motifs is 2. The fourth-order valence-corrected chi connectivity index (χ4v) is 6.36. The highest BCUT2D eigenvalue weighted by atomic mass is 19.1. The third-order valence-electron chi connectivity index (χ3n) is 8.25. The summed E-state index contributed by atoms with van der Waals surface area (Å²) in [6, 6.07) is 22.0. The number of halogens is 1. The van der Waals surface area contributed by atoms with Gasteiger partial charge in [0.2, 0.25) is 0 Å². The van der Waals surface area contributed by atoms with Crippen molar-refractivity contribution in [3.63, 3.8) is 0 Å². The first-order chi connectivity index (χ1) is 18.7. The minimum absolute atomic E-state index is 0.168. The van der Waals surface area contributed by atoms with E-state index < -0.39 is 0 Å². The highest BCUT2D eigenvalue weighted by Crippen LogP contribution is 2.41. The van der Waals surface area contributed by atoms with Crippen LogP contribution < -0.4 is 15.8 Å². The summed E-state index contributed by atoms with van der Waals surface area (Å²) in [5.74, 6) is 0.902. The Balaban J connectivity index is 1.34. The average molecular weight is 512 g/mol. The van der Waals surface area contributed by atoms with Gasteiger partial charge in [0.25, 0.3) is 0 Å². The number of nitrogens with one attached hydrogen (secondary N) is 1. The number of ether oxygens (including phenoxy) is 1. The van der Waals surface area contributed by atoms with Gasteiger partial charge in [-0.25, -0.2) is 0 Å². The van der Waals surface area contributed by atoms with E-state index in [2.05, 4.69) is 64.8 Å². The number of likely N-dealkylation sites (tertiary alicyclic amines) is 1. The topological polar surface area (TPSA) is 50.5 Å². The van der Waals surface area contributed by atoms with Crippen LogP contribution >= 0.6 is 0 Å². The molecule has 1 aliphatic carbocycles. The summed E-state index contributed by atoms with van der Waals surface area (Å²) in [7, 11) is 0. The molecule has 0 saturated carbocycles. The second kappa shape index (κ2) is 11.2. The molecular weight excluding hydrogens is 473 g/mol. The Bertz CT molecular complexity index is 1320. The van der Waals surface area contributed by atoms with E-state index in [-0.39, 0.29) is 12.8 Å². The van der Waals surface area contributed by atoms with E-state index in [0.29, 0.717) is 6.42 Å². The van der Waals surface area contributed by atoms with Gasteiger partial charge >= 0.3 is 0 Å². The number of benzene rings is 3. The first-order valence-corrected chi connectivity index (χ1v) is 14.2. The number of alkyl halides is 1. The fourth-order valence-electron chi connectivity index (χ4n) is 6.36. The third kappa shape index (κ3) is 5.30. The Morgan fingerprint density at radius 3 is 2.63 bits per heavy atom. The van der Waals surface area contributed by atoms with Crippen molar-refractivity contribution in [2.24, 2.45) is 0 Å². The normalized spacial score (nSPS) is 19.4. The molecular formula is C33H38FN3O. The molecule has 2 heterocycles. The zero-order valence-electron chi connectivity index (χ0n) is 22.1. The predicted octanol–water partition coefficient (Wildman–Crippen LogP) is 6.74. The fraction of sp³-hybridized carbons (Fsp3) is 0.394. The molecule has 3 aromatic rings. The Labute approximate surface area is 225 Å². The van der Waals surface area contributed by atoms with Crippen LogP contribution in [0.15, 0.2) is 60.7 Å². The van der Waals surface area contributed by atoms with Crippen molar-refractivity contribution in [1.29, 1.82) is 0 Å². The van der Waals surface area contributed by atoms with Crippen molar-refractivity contribution in [3.8, 4) is 5.75 Å². The van der Waals surface area contributed by atoms with Crippen LogP contribution in [-0.2, 0) is 12.8 Å². The predicted molar refractivity (Wildman–Crippen MR) is 155 cm³/mol. The molecule has 3 N–H and O–H groups in total. The van der Waals surface area contributed by atoms with E-state index in [4.69, 9.17) is 10.5 Å². The van der Waals surface area contributed by atoms with Gasteiger partial charge in [-0.2, -0.15) is 0 Å². The molecule has 0 unspecified atom stereocenters. The van der Waals surface area contributed by atoms with Crippen molar-refractivity contribution < 1.29 is 9.13 Å². The Morgan fingerprint density at radius 1 is 0.921 bits per heavy atom. The van der Waals surface area contributed by atoms with Crippen molar-refractivity contribution in [3.05, 3.63) is 88.5 Å². The van der Waals surface area contributed by atoms with E-state index in [1.54, 1.807) is 0 Å². The van der Waals surface area contributed by atoms with Crippen LogP contribution in [0.3, 0.4) is 0 Å². The van der Waals surface area contributed by atoms with Gasteiger partial charge in [-0.1, -0.05) is 24.3 Å². The second-order valence-electron chi connectivity index (χ2n) is 10.9. The van der Waals surface area contributed by atoms with Gasteiger partial charge in [0.15, 0.2) is 0 Å². The SMILES string of the molecule is Nc1ccc2c(c1)CCCC(c1ccc3c(c1)CCCN3)=C2c1ccc(O[C@H]2CCN(CCCF)C2)cc1. The van der Waals surface area contributed by atoms with E-state index in [1.807, 2.05) is 6.07 Å². The van der Waals surface area contributed by atoms with Crippen molar-refractivity contribution in [2.45, 2.75) is 51.0 Å². The van der Waals surface area contributed by atoms with E-state index >= 15 is 0 Å². The molecule has 0 amide bonds. The number of nitrogen functional groups attached to an aromatic ring is 1. The monoisotopic (exact) mass is 511 g/mol. The molecule has 5 heteroatoms. The lowest BCUT2D eigenvalue weighted by atomic mass is 9.86. The van der Waals surface area contributed by atoms with Crippen LogP contribution in [0.2, 0.25) is 0 Å². The third-order valence-corrected chi connectivity index (χ3v) is 8.25. The molecule has 4 nitrogen and oxygen atoms in total. The van der Waals surface area contributed by atoms with E-state index in [9.17, 15) is 4.39 Å². The number of aryl methyl sites for hydroxylation is 2. The summed E-state index contributed by atoms with van der Waals surface area (Å²) in [6.45, 7) is 3.47. The van der Waals surface area contributed by atoms with Crippen molar-refractivity contribution >= 4 is 22.5 Å². The molecule has 6 rings (SSSR count). The van der Waals surface area contributed by atoms with Gasteiger partial charge < -0.3 is 15.8 Å². The number of anilines is 2. The van der Waals surface area contributed by atoms with E-state index in [0.717, 1.165) is 69.7 Å². The van der Waals surface area contributed by atoms with Crippen LogP contribution in [0, 0.1) is 0 Å². The molecule has 3 aliphatic rings. The van der Waals surface area contributed by atoms with Gasteiger partial charge in [0, 0.05) is 37.6 Å². The molecule has 0 bridgehead atoms. The summed E-state index contributed by atoms with van der Waals surface area (Å²) in [6.07, 6.45) is 7.24. The number of hydrogen-bond donors (Lipinski definition) is 2. The Kier molecular flexibility index (Phi) is 7.37. The quantitative estimate of drug-likeness (QED) is 0.345. The van der Waals surface area contributed by atoms with Crippen LogP contribution in [0.4, 0.5) is 15.8 Å². The van der Waals surface area contributed by atoms with Crippen LogP contribution in [0.5, 0.6) is 5.75 Å². The molecule has 0 radical (unpaired) electrons. The summed E-state index contributed by atoms with van der Waals surface area (Å²) >= 11 is 0. The second-order valence-corrected chi connectivity index (χ2v) is 10.9. The maximum absolute atomic E-state index is 12.6. The molecule has 38 heavy (non-hydrogen) atoms. The van der Waals surface area contributed by atoms with Crippen LogP contribution in [-0.4, -0.2) is 43.9 Å². The summed E-state index contributed by atoms with van der Waals surface area (Å²) in [4.78, 5) is 2.30. The zero-order valence-corrected chi connectivity index (χ0v) is 22.1. The van der Waals surface area contributed by atoms with Gasteiger partial charge in [0.1, 0.15) is 11.9 Å². The first-order valence-electron chi connectivity index (χ1n) is 14.2.